The third kappa shape index (κ3) is 9.79. The van der Waals surface area contributed by atoms with Crippen molar-refractivity contribution in [3.8, 4) is 0 Å². The maximum Gasteiger partial charge on any atom is 0.311 e. The number of likely N-dealkylation sites (N-methyl/N-ethyl adjacent to an activating group) is 1. The standard InChI is InChI=1S/C36H65NO12/c1-13-24-15-26(38)20(4)28(39)18(2)16-35(8,43)32(49-34-29(40)25(37(10)11)14-19(3)45-34)21(5)30(22(6)33(42)47-24)48-27-17-36(9,44-12)31(41)23(7)46-27/h18-27,29-32,34,38,40-41,43H,13-17H2,1-12H3. The summed E-state index contributed by atoms with van der Waals surface area (Å²) in [6, 6.07) is -0.294. The first-order valence-corrected chi connectivity index (χ1v) is 18.0. The number of hydrogen-bond acceptors (Lipinski definition) is 13. The Morgan fingerprint density at radius 1 is 0.918 bits per heavy atom. The molecular weight excluding hydrogens is 638 g/mol. The smallest absolute Gasteiger partial charge is 0.311 e. The highest BCUT2D eigenvalue weighted by Gasteiger charge is 2.52. The highest BCUT2D eigenvalue weighted by atomic mass is 16.7. The van der Waals surface area contributed by atoms with E-state index in [1.165, 1.54) is 7.11 Å². The minimum atomic E-state index is -1.71. The Kier molecular flexibility index (Phi) is 14.7. The van der Waals surface area contributed by atoms with Crippen molar-refractivity contribution in [2.24, 2.45) is 23.7 Å². The van der Waals surface area contributed by atoms with Crippen molar-refractivity contribution in [3.63, 3.8) is 0 Å². The Morgan fingerprint density at radius 3 is 2.12 bits per heavy atom. The second-order valence-electron chi connectivity index (χ2n) is 15.7. The average molecular weight is 704 g/mol. The fraction of sp³-hybridized carbons (Fsp3) is 0.944. The van der Waals surface area contributed by atoms with Gasteiger partial charge in [0, 0.05) is 43.7 Å². The summed E-state index contributed by atoms with van der Waals surface area (Å²) in [5.74, 6) is -3.97. The van der Waals surface area contributed by atoms with E-state index in [1.807, 2.05) is 32.8 Å². The molecule has 3 rings (SSSR count). The van der Waals surface area contributed by atoms with Gasteiger partial charge in [-0.15, -0.1) is 0 Å². The average Bonchev–Trinajstić information content (AvgIpc) is 3.03. The molecule has 3 aliphatic rings. The molecule has 0 amide bonds. The van der Waals surface area contributed by atoms with E-state index in [2.05, 4.69) is 0 Å². The van der Waals surface area contributed by atoms with Gasteiger partial charge >= 0.3 is 5.97 Å². The van der Waals surface area contributed by atoms with Crippen molar-refractivity contribution in [3.05, 3.63) is 0 Å². The number of carbonyl (C=O) groups excluding carboxylic acids is 2. The summed E-state index contributed by atoms with van der Waals surface area (Å²) in [5, 5.41) is 45.7. The van der Waals surface area contributed by atoms with Gasteiger partial charge in [0.1, 0.15) is 24.1 Å². The highest BCUT2D eigenvalue weighted by Crippen LogP contribution is 2.40. The molecule has 0 aliphatic carbocycles. The van der Waals surface area contributed by atoms with Gasteiger partial charge in [0.15, 0.2) is 12.6 Å². The SMILES string of the molecule is CCC1CC(O)C(C)C(=O)C(C)CC(C)(O)C(OC2OC(C)CC(N(C)C)C2O)C(C)C(OC2CC(C)(OC)C(O)C(C)O2)C(C)C(=O)O1. The van der Waals surface area contributed by atoms with Crippen LogP contribution in [0.15, 0.2) is 0 Å². The summed E-state index contributed by atoms with van der Waals surface area (Å²) in [4.78, 5) is 29.4. The van der Waals surface area contributed by atoms with E-state index >= 15 is 0 Å². The number of Topliss-reactive ketones (excluding diaryl/α,β-unsaturated/α-hetero) is 1. The number of ketones is 1. The number of ether oxygens (including phenoxy) is 6. The zero-order valence-corrected chi connectivity index (χ0v) is 31.7. The molecule has 3 saturated heterocycles. The van der Waals surface area contributed by atoms with Crippen molar-refractivity contribution in [2.45, 2.75) is 173 Å². The Balaban J connectivity index is 2.13. The van der Waals surface area contributed by atoms with Gasteiger partial charge in [-0.3, -0.25) is 9.59 Å². The van der Waals surface area contributed by atoms with E-state index in [-0.39, 0.29) is 37.2 Å². The summed E-state index contributed by atoms with van der Waals surface area (Å²) in [5.41, 5.74) is -2.72. The Morgan fingerprint density at radius 2 is 1.55 bits per heavy atom. The molecule has 0 saturated carbocycles. The molecule has 13 nitrogen and oxygen atoms in total. The van der Waals surface area contributed by atoms with Gasteiger partial charge in [-0.25, -0.2) is 0 Å². The maximum atomic E-state index is 13.9. The van der Waals surface area contributed by atoms with Crippen LogP contribution >= 0.6 is 0 Å². The molecule has 3 aliphatic heterocycles. The molecule has 0 bridgehead atoms. The molecule has 17 atom stereocenters. The fourth-order valence-electron chi connectivity index (χ4n) is 7.93. The summed E-state index contributed by atoms with van der Waals surface area (Å²) in [7, 11) is 5.23. The van der Waals surface area contributed by atoms with E-state index in [1.54, 1.807) is 48.5 Å². The molecule has 0 radical (unpaired) electrons. The molecule has 4 N–H and O–H groups in total. The van der Waals surface area contributed by atoms with Crippen LogP contribution < -0.4 is 0 Å². The fourth-order valence-corrected chi connectivity index (χ4v) is 7.93. The van der Waals surface area contributed by atoms with Crippen molar-refractivity contribution >= 4 is 11.8 Å². The van der Waals surface area contributed by atoms with Gasteiger partial charge in [0.25, 0.3) is 0 Å². The lowest BCUT2D eigenvalue weighted by Gasteiger charge is -2.48. The summed E-state index contributed by atoms with van der Waals surface area (Å²) in [6.45, 7) is 15.6. The predicted octanol–water partition coefficient (Wildman–Crippen LogP) is 2.42. The number of cyclic esters (lactones) is 1. The van der Waals surface area contributed by atoms with E-state index in [0.717, 1.165) is 0 Å². The van der Waals surface area contributed by atoms with Crippen LogP contribution in [0.1, 0.15) is 94.4 Å². The first kappa shape index (κ1) is 42.2. The highest BCUT2D eigenvalue weighted by molar-refractivity contribution is 5.83. The van der Waals surface area contributed by atoms with Crippen LogP contribution in [0.4, 0.5) is 0 Å². The van der Waals surface area contributed by atoms with Crippen LogP contribution in [0.3, 0.4) is 0 Å². The number of hydrogen-bond donors (Lipinski definition) is 4. The van der Waals surface area contributed by atoms with Gasteiger partial charge < -0.3 is 53.7 Å². The van der Waals surface area contributed by atoms with Crippen LogP contribution in [0.2, 0.25) is 0 Å². The van der Waals surface area contributed by atoms with Crippen molar-refractivity contribution in [1.29, 1.82) is 0 Å². The number of aliphatic hydroxyl groups is 4. The van der Waals surface area contributed by atoms with Crippen LogP contribution in [0.5, 0.6) is 0 Å². The zero-order chi connectivity index (χ0) is 37.2. The molecule has 17 unspecified atom stereocenters. The van der Waals surface area contributed by atoms with E-state index in [4.69, 9.17) is 28.4 Å². The molecule has 0 spiro atoms. The number of nitrogens with zero attached hydrogens (tertiary/aromatic N) is 1. The largest absolute Gasteiger partial charge is 0.462 e. The summed E-state index contributed by atoms with van der Waals surface area (Å²) >= 11 is 0. The molecular formula is C36H65NO12. The summed E-state index contributed by atoms with van der Waals surface area (Å²) in [6.07, 6.45) is -7.71. The molecule has 0 aromatic heterocycles. The molecule has 3 fully saturated rings. The molecule has 0 aromatic rings. The van der Waals surface area contributed by atoms with Crippen LogP contribution in [0.25, 0.3) is 0 Å². The molecule has 3 heterocycles. The van der Waals surface area contributed by atoms with Crippen LogP contribution in [-0.4, -0.2) is 137 Å². The third-order valence-corrected chi connectivity index (χ3v) is 11.3. The van der Waals surface area contributed by atoms with Gasteiger partial charge in [0.05, 0.1) is 47.6 Å². The Bertz CT molecular complexity index is 1090. The minimum Gasteiger partial charge on any atom is -0.462 e. The molecule has 49 heavy (non-hydrogen) atoms. The number of aliphatic hydroxyl groups excluding tert-OH is 3. The normalized spacial score (nSPS) is 48.2. The van der Waals surface area contributed by atoms with Gasteiger partial charge in [-0.1, -0.05) is 27.7 Å². The quantitative estimate of drug-likeness (QED) is 0.285. The Hall–Kier alpha value is -1.26. The predicted molar refractivity (Wildman–Crippen MR) is 180 cm³/mol. The number of rotatable bonds is 7. The lowest BCUT2D eigenvalue weighted by atomic mass is 9.75. The van der Waals surface area contributed by atoms with Crippen molar-refractivity contribution < 1.29 is 58.4 Å². The topological polar surface area (TPSA) is 174 Å². The van der Waals surface area contributed by atoms with Gasteiger partial charge in [-0.2, -0.15) is 0 Å². The number of esters is 1. The number of carbonyl (C=O) groups is 2. The molecule has 13 heteroatoms. The number of methoxy groups -OCH3 is 1. The lowest BCUT2D eigenvalue weighted by Crippen LogP contribution is -2.60. The van der Waals surface area contributed by atoms with E-state index in [9.17, 15) is 30.0 Å². The minimum absolute atomic E-state index is 0.0406. The van der Waals surface area contributed by atoms with Crippen molar-refractivity contribution in [2.75, 3.05) is 21.2 Å². The van der Waals surface area contributed by atoms with Gasteiger partial charge in [0.2, 0.25) is 0 Å². The summed E-state index contributed by atoms with van der Waals surface area (Å²) < 4.78 is 37.1. The van der Waals surface area contributed by atoms with Gasteiger partial charge in [-0.05, 0) is 68.0 Å². The van der Waals surface area contributed by atoms with Crippen LogP contribution in [-0.2, 0) is 38.0 Å². The lowest BCUT2D eigenvalue weighted by molar-refractivity contribution is -0.317. The van der Waals surface area contributed by atoms with E-state index < -0.39 is 96.2 Å². The van der Waals surface area contributed by atoms with E-state index in [0.29, 0.717) is 12.8 Å². The van der Waals surface area contributed by atoms with Crippen molar-refractivity contribution in [1.82, 2.24) is 4.90 Å². The zero-order valence-electron chi connectivity index (χ0n) is 31.7. The first-order chi connectivity index (χ1) is 22.7. The second-order valence-corrected chi connectivity index (χ2v) is 15.7. The van der Waals surface area contributed by atoms with Crippen LogP contribution in [0, 0.1) is 23.7 Å². The maximum absolute atomic E-state index is 13.9. The first-order valence-electron chi connectivity index (χ1n) is 18.0. The monoisotopic (exact) mass is 703 g/mol. The Labute approximate surface area is 292 Å². The molecule has 0 aromatic carbocycles. The molecule has 286 valence electrons. The third-order valence-electron chi connectivity index (χ3n) is 11.3. The second kappa shape index (κ2) is 17.0.